The highest BCUT2D eigenvalue weighted by atomic mass is 16.2. The van der Waals surface area contributed by atoms with Crippen molar-refractivity contribution in [3.8, 4) is 0 Å². The van der Waals surface area contributed by atoms with E-state index in [4.69, 9.17) is 0 Å². The van der Waals surface area contributed by atoms with Crippen molar-refractivity contribution in [1.82, 2.24) is 36.2 Å². The summed E-state index contributed by atoms with van der Waals surface area (Å²) in [4.78, 5) is 85.0. The van der Waals surface area contributed by atoms with E-state index in [0.29, 0.717) is 31.8 Å². The van der Waals surface area contributed by atoms with Crippen LogP contribution in [0.2, 0.25) is 0 Å². The average Bonchev–Trinajstić information content (AvgIpc) is 3.90. The quantitative estimate of drug-likeness (QED) is 0.208. The van der Waals surface area contributed by atoms with Crippen LogP contribution in [0.25, 0.3) is 0 Å². The fraction of sp³-hybridized carbons (Fsp3) is 0.700. The predicted molar refractivity (Wildman–Crippen MR) is 198 cm³/mol. The van der Waals surface area contributed by atoms with Crippen LogP contribution in [0.15, 0.2) is 30.3 Å². The fourth-order valence-electron chi connectivity index (χ4n) is 8.45. The summed E-state index contributed by atoms with van der Waals surface area (Å²) >= 11 is 0. The van der Waals surface area contributed by atoms with Gasteiger partial charge in [-0.15, -0.1) is 0 Å². The molecule has 13 nitrogen and oxygen atoms in total. The number of nitrogens with one attached hydrogen (secondary N) is 4. The Balaban J connectivity index is 1.16. The fourth-order valence-corrected chi connectivity index (χ4v) is 8.45. The largest absolute Gasteiger partial charge is 0.336 e. The van der Waals surface area contributed by atoms with Gasteiger partial charge in [-0.3, -0.25) is 29.5 Å². The van der Waals surface area contributed by atoms with Crippen molar-refractivity contribution in [2.45, 2.75) is 112 Å². The van der Waals surface area contributed by atoms with Gasteiger partial charge in [0.2, 0.25) is 17.7 Å². The molecule has 7 rings (SSSR count). The van der Waals surface area contributed by atoms with Gasteiger partial charge in [-0.05, 0) is 72.2 Å². The molecule has 6 atom stereocenters. The zero-order valence-electron chi connectivity index (χ0n) is 32.8. The maximum absolute atomic E-state index is 14.6. The number of fused-ring (bicyclic) bond motifs is 3. The van der Waals surface area contributed by atoms with Crippen molar-refractivity contribution in [3.63, 3.8) is 0 Å². The van der Waals surface area contributed by atoms with Gasteiger partial charge in [-0.1, -0.05) is 85.7 Å². The number of piperidine rings is 3. The third-order valence-electron chi connectivity index (χ3n) is 12.5. The van der Waals surface area contributed by atoms with E-state index in [1.54, 1.807) is 4.90 Å². The molecule has 3 aliphatic heterocycles. The number of hydrazine groups is 1. The molecule has 3 saturated heterocycles. The Labute approximate surface area is 313 Å². The van der Waals surface area contributed by atoms with Gasteiger partial charge in [0.25, 0.3) is 5.91 Å². The molecule has 0 spiro atoms. The number of benzene rings is 1. The van der Waals surface area contributed by atoms with Gasteiger partial charge < -0.3 is 20.9 Å². The zero-order valence-corrected chi connectivity index (χ0v) is 32.8. The second kappa shape index (κ2) is 13.9. The molecule has 13 heteroatoms. The van der Waals surface area contributed by atoms with Gasteiger partial charge in [-0.2, -0.15) is 0 Å². The summed E-state index contributed by atoms with van der Waals surface area (Å²) in [5.41, 5.74) is 2.43. The van der Waals surface area contributed by atoms with Crippen molar-refractivity contribution in [2.24, 2.45) is 45.8 Å². The second-order valence-electron chi connectivity index (χ2n) is 19.0. The Hall–Kier alpha value is -4.16. The molecule has 6 fully saturated rings. The number of nitrogens with zero attached hydrogens (tertiary/aromatic N) is 3. The van der Waals surface area contributed by atoms with Crippen LogP contribution in [-0.2, 0) is 19.2 Å². The summed E-state index contributed by atoms with van der Waals surface area (Å²) in [7, 11) is 0. The molecule has 3 aliphatic carbocycles. The van der Waals surface area contributed by atoms with Crippen LogP contribution in [-0.4, -0.2) is 88.3 Å². The van der Waals surface area contributed by atoms with Crippen LogP contribution in [0.1, 0.15) is 99.6 Å². The van der Waals surface area contributed by atoms with E-state index in [2.05, 4.69) is 35.2 Å². The second-order valence-corrected chi connectivity index (χ2v) is 19.0. The lowest BCUT2D eigenvalue weighted by molar-refractivity contribution is -0.166. The van der Waals surface area contributed by atoms with Gasteiger partial charge in [0.15, 0.2) is 0 Å². The number of amides is 8. The highest BCUT2D eigenvalue weighted by Crippen LogP contribution is 2.65. The number of likely N-dealkylation sites (tertiary alicyclic amines) is 1. The first-order valence-electron chi connectivity index (χ1n) is 19.3. The van der Waals surface area contributed by atoms with E-state index < -0.39 is 46.9 Å². The van der Waals surface area contributed by atoms with Crippen LogP contribution in [0.4, 0.5) is 9.59 Å². The number of rotatable bonds is 10. The van der Waals surface area contributed by atoms with E-state index in [-0.39, 0.29) is 59.4 Å². The van der Waals surface area contributed by atoms with E-state index >= 15 is 0 Å². The Morgan fingerprint density at radius 3 is 2.04 bits per heavy atom. The molecule has 0 radical (unpaired) electrons. The Morgan fingerprint density at radius 1 is 0.887 bits per heavy atom. The molecule has 3 saturated carbocycles. The first kappa shape index (κ1) is 38.6. The number of hydrogen-bond acceptors (Lipinski definition) is 6. The normalized spacial score (nSPS) is 27.5. The molecule has 1 aromatic rings. The summed E-state index contributed by atoms with van der Waals surface area (Å²) in [5.74, 6) is -1.15. The lowest BCUT2D eigenvalue weighted by atomic mass is 9.69. The van der Waals surface area contributed by atoms with Crippen molar-refractivity contribution in [3.05, 3.63) is 35.9 Å². The van der Waals surface area contributed by atoms with Crippen LogP contribution >= 0.6 is 0 Å². The number of hydrogen-bond donors (Lipinski definition) is 4. The van der Waals surface area contributed by atoms with Crippen molar-refractivity contribution < 1.29 is 28.8 Å². The maximum atomic E-state index is 14.6. The Morgan fingerprint density at radius 2 is 1.49 bits per heavy atom. The molecule has 290 valence electrons. The van der Waals surface area contributed by atoms with E-state index in [0.717, 1.165) is 18.4 Å². The van der Waals surface area contributed by atoms with Gasteiger partial charge in [0.1, 0.15) is 12.1 Å². The molecule has 0 aromatic heterocycles. The summed E-state index contributed by atoms with van der Waals surface area (Å²) in [5, 5.41) is 10.3. The van der Waals surface area contributed by atoms with Gasteiger partial charge in [-0.25, -0.2) is 14.6 Å². The van der Waals surface area contributed by atoms with Crippen LogP contribution in [0.3, 0.4) is 0 Å². The topological polar surface area (TPSA) is 160 Å². The lowest BCUT2D eigenvalue weighted by Gasteiger charge is -2.46. The van der Waals surface area contributed by atoms with Crippen molar-refractivity contribution >= 4 is 35.7 Å². The molecule has 0 unspecified atom stereocenters. The van der Waals surface area contributed by atoms with E-state index in [1.807, 2.05) is 78.8 Å². The minimum Gasteiger partial charge on any atom is -0.333 e. The number of imide groups is 1. The lowest BCUT2D eigenvalue weighted by Crippen LogP contribution is -2.64. The zero-order chi connectivity index (χ0) is 38.8. The third-order valence-corrected chi connectivity index (χ3v) is 12.5. The SMILES string of the molecule is C[C@H](NC(=O)N(CC1CC1)NC(=O)[C@@H]1[C@@H]2[C@H](CN1C(=O)[C@@H](NC(=O)N[C@H](CN1C(=O)C3CC(C3)C1=O)C(C)(C)C)C(C)(C)C)C2(C)C)c1ccccc1. The van der Waals surface area contributed by atoms with Crippen LogP contribution in [0, 0.1) is 45.8 Å². The van der Waals surface area contributed by atoms with E-state index in [1.165, 1.54) is 9.91 Å². The van der Waals surface area contributed by atoms with Gasteiger partial charge in [0, 0.05) is 31.5 Å². The highest BCUT2D eigenvalue weighted by Gasteiger charge is 2.70. The van der Waals surface area contributed by atoms with Gasteiger partial charge in [0.05, 0.1) is 12.1 Å². The molecule has 53 heavy (non-hydrogen) atoms. The first-order valence-corrected chi connectivity index (χ1v) is 19.3. The highest BCUT2D eigenvalue weighted by molar-refractivity contribution is 6.03. The monoisotopic (exact) mass is 733 g/mol. The molecule has 1 aromatic carbocycles. The minimum absolute atomic E-state index is 0.0532. The van der Waals surface area contributed by atoms with E-state index in [9.17, 15) is 28.8 Å². The minimum atomic E-state index is -0.998. The van der Waals surface area contributed by atoms with Crippen molar-refractivity contribution in [1.29, 1.82) is 0 Å². The number of carbonyl (C=O) groups is 6. The molecular formula is C40H59N7O6. The standard InChI is InChI=1S/C40H59N7O6/c1-22(24-13-11-10-12-14-24)41-37(53)47(19-23-15-16-23)44-32(48)30-29-27(40(29,8)9)20-45(30)35(51)31(39(5,6)7)43-36(52)42-28(38(2,3)4)21-46-33(49)25-17-26(18-25)34(46)50/h10-14,22-23,25-31H,15-21H2,1-9H3,(H,41,53)(H,44,48)(H2,42,43,52)/t22-,25?,26?,27-,28+,29-,30-,31+/m0/s1. The molecule has 3 heterocycles. The molecule has 6 aliphatic rings. The summed E-state index contributed by atoms with van der Waals surface area (Å²) < 4.78 is 0. The molecular weight excluding hydrogens is 674 g/mol. The third kappa shape index (κ3) is 7.90. The number of carbonyl (C=O) groups excluding carboxylic acids is 6. The Kier molecular flexibility index (Phi) is 10.1. The van der Waals surface area contributed by atoms with Crippen LogP contribution < -0.4 is 21.4 Å². The van der Waals surface area contributed by atoms with Gasteiger partial charge >= 0.3 is 12.1 Å². The predicted octanol–water partition coefficient (Wildman–Crippen LogP) is 4.21. The smallest absolute Gasteiger partial charge is 0.333 e. The van der Waals surface area contributed by atoms with Crippen molar-refractivity contribution in [2.75, 3.05) is 19.6 Å². The summed E-state index contributed by atoms with van der Waals surface area (Å²) in [6, 6.07) is 5.93. The summed E-state index contributed by atoms with van der Waals surface area (Å²) in [6.07, 6.45) is 3.15. The number of urea groups is 2. The maximum Gasteiger partial charge on any atom is 0.336 e. The van der Waals surface area contributed by atoms with Crippen LogP contribution in [0.5, 0.6) is 0 Å². The first-order chi connectivity index (χ1) is 24.7. The molecule has 2 bridgehead atoms. The Bertz CT molecular complexity index is 1600. The average molecular weight is 734 g/mol. The summed E-state index contributed by atoms with van der Waals surface area (Å²) in [6.45, 7) is 18.3. The molecule has 8 amide bonds. The molecule has 4 N–H and O–H groups in total.